The Bertz CT molecular complexity index is 1240. The zero-order chi connectivity index (χ0) is 24.5. The molecule has 0 aliphatic heterocycles. The predicted octanol–water partition coefficient (Wildman–Crippen LogP) is 2.33. The zero-order valence-corrected chi connectivity index (χ0v) is 19.3. The van der Waals surface area contributed by atoms with E-state index >= 15 is 0 Å². The summed E-state index contributed by atoms with van der Waals surface area (Å²) in [6.07, 6.45) is 7.84. The lowest BCUT2D eigenvalue weighted by Gasteiger charge is -2.16. The van der Waals surface area contributed by atoms with Gasteiger partial charge in [-0.15, -0.1) is 0 Å². The SMILES string of the molecule is O=C(NC(CCCNCc1ncc[nH]1)C(=O)O)c1ccc(CNCc2ncc[nH]2)c2ccccc12. The largest absolute Gasteiger partial charge is 0.480 e. The fourth-order valence-corrected chi connectivity index (χ4v) is 3.95. The highest BCUT2D eigenvalue weighted by molar-refractivity contribution is 6.08. The topological polar surface area (TPSA) is 148 Å². The number of nitrogens with one attached hydrogen (secondary N) is 5. The quantitative estimate of drug-likeness (QED) is 0.163. The number of amides is 1. The molecule has 10 nitrogen and oxygen atoms in total. The predicted molar refractivity (Wildman–Crippen MR) is 131 cm³/mol. The number of carbonyl (C=O) groups is 2. The molecule has 0 aliphatic rings. The van der Waals surface area contributed by atoms with E-state index in [4.69, 9.17) is 0 Å². The van der Waals surface area contributed by atoms with Gasteiger partial charge >= 0.3 is 5.97 Å². The van der Waals surface area contributed by atoms with Gasteiger partial charge in [-0.3, -0.25) is 4.79 Å². The summed E-state index contributed by atoms with van der Waals surface area (Å²) in [5.74, 6) is 0.223. The summed E-state index contributed by atoms with van der Waals surface area (Å²) in [7, 11) is 0. The Labute approximate surface area is 202 Å². The van der Waals surface area contributed by atoms with Crippen LogP contribution in [-0.4, -0.2) is 49.5 Å². The van der Waals surface area contributed by atoms with Crippen LogP contribution >= 0.6 is 0 Å². The number of aromatic amines is 2. The third kappa shape index (κ3) is 6.52. The van der Waals surface area contributed by atoms with Crippen molar-refractivity contribution in [2.24, 2.45) is 0 Å². The molecule has 2 heterocycles. The summed E-state index contributed by atoms with van der Waals surface area (Å²) in [5, 5.41) is 20.6. The van der Waals surface area contributed by atoms with Crippen LogP contribution in [0.15, 0.2) is 61.2 Å². The van der Waals surface area contributed by atoms with Crippen molar-refractivity contribution < 1.29 is 14.7 Å². The van der Waals surface area contributed by atoms with Crippen LogP contribution < -0.4 is 16.0 Å². The van der Waals surface area contributed by atoms with Gasteiger partial charge in [0.1, 0.15) is 17.7 Å². The summed E-state index contributed by atoms with van der Waals surface area (Å²) >= 11 is 0. The molecule has 2 aromatic heterocycles. The molecule has 4 aromatic rings. The van der Waals surface area contributed by atoms with Crippen LogP contribution in [0.3, 0.4) is 0 Å². The number of H-pyrrole nitrogens is 2. The number of benzene rings is 2. The minimum Gasteiger partial charge on any atom is -0.480 e. The molecule has 1 amide bonds. The van der Waals surface area contributed by atoms with Crippen molar-refractivity contribution in [2.75, 3.05) is 6.54 Å². The molecular weight excluding hydrogens is 446 g/mol. The molecular formula is C25H29N7O3. The summed E-state index contributed by atoms with van der Waals surface area (Å²) in [6, 6.07) is 10.3. The van der Waals surface area contributed by atoms with E-state index in [1.165, 1.54) is 0 Å². The van der Waals surface area contributed by atoms with E-state index in [2.05, 4.69) is 35.9 Å². The maximum atomic E-state index is 13.1. The molecule has 0 fully saturated rings. The molecule has 0 radical (unpaired) electrons. The average molecular weight is 476 g/mol. The first-order valence-corrected chi connectivity index (χ1v) is 11.5. The van der Waals surface area contributed by atoms with E-state index in [9.17, 15) is 14.7 Å². The lowest BCUT2D eigenvalue weighted by molar-refractivity contribution is -0.139. The zero-order valence-electron chi connectivity index (χ0n) is 19.3. The van der Waals surface area contributed by atoms with Crippen molar-refractivity contribution >= 4 is 22.6 Å². The van der Waals surface area contributed by atoms with Gasteiger partial charge in [0.25, 0.3) is 5.91 Å². The minimum absolute atomic E-state index is 0.318. The number of imidazole rings is 2. The Kier molecular flexibility index (Phi) is 8.21. The first-order chi connectivity index (χ1) is 17.1. The molecule has 0 saturated heterocycles. The highest BCUT2D eigenvalue weighted by Gasteiger charge is 2.21. The second-order valence-corrected chi connectivity index (χ2v) is 8.18. The third-order valence-electron chi connectivity index (χ3n) is 5.72. The maximum Gasteiger partial charge on any atom is 0.326 e. The van der Waals surface area contributed by atoms with Gasteiger partial charge in [-0.25, -0.2) is 14.8 Å². The van der Waals surface area contributed by atoms with Crippen molar-refractivity contribution in [2.45, 2.75) is 38.5 Å². The average Bonchev–Trinajstić information content (AvgIpc) is 3.57. The molecule has 0 aliphatic carbocycles. The minimum atomic E-state index is -1.05. The van der Waals surface area contributed by atoms with Gasteiger partial charge in [0, 0.05) is 36.9 Å². The number of carbonyl (C=O) groups excluding carboxylic acids is 1. The number of hydrogen-bond acceptors (Lipinski definition) is 6. The normalized spacial score (nSPS) is 12.0. The molecule has 1 atom stereocenters. The molecule has 6 N–H and O–H groups in total. The van der Waals surface area contributed by atoms with Crippen molar-refractivity contribution in [3.05, 3.63) is 84.0 Å². The van der Waals surface area contributed by atoms with Crippen molar-refractivity contribution in [1.82, 2.24) is 35.9 Å². The highest BCUT2D eigenvalue weighted by atomic mass is 16.4. The molecule has 0 spiro atoms. The third-order valence-corrected chi connectivity index (χ3v) is 5.72. The van der Waals surface area contributed by atoms with Crippen LogP contribution in [0.5, 0.6) is 0 Å². The number of hydrogen-bond donors (Lipinski definition) is 6. The van der Waals surface area contributed by atoms with E-state index in [1.807, 2.05) is 30.3 Å². The first kappa shape index (κ1) is 24.1. The van der Waals surface area contributed by atoms with Crippen molar-refractivity contribution in [3.8, 4) is 0 Å². The van der Waals surface area contributed by atoms with Gasteiger partial charge in [0.05, 0.1) is 13.1 Å². The summed E-state index contributed by atoms with van der Waals surface area (Å²) in [5.41, 5.74) is 1.50. The number of aromatic nitrogens is 4. The van der Waals surface area contributed by atoms with Gasteiger partial charge in [-0.2, -0.15) is 0 Å². The highest BCUT2D eigenvalue weighted by Crippen LogP contribution is 2.23. The Balaban J connectivity index is 1.36. The lowest BCUT2D eigenvalue weighted by atomic mass is 9.98. The summed E-state index contributed by atoms with van der Waals surface area (Å²) < 4.78 is 0. The number of aliphatic carboxylic acids is 1. The van der Waals surface area contributed by atoms with Gasteiger partial charge in [0.2, 0.25) is 0 Å². The van der Waals surface area contributed by atoms with Gasteiger partial charge in [0.15, 0.2) is 0 Å². The molecule has 35 heavy (non-hydrogen) atoms. The van der Waals surface area contributed by atoms with E-state index in [-0.39, 0.29) is 0 Å². The summed E-state index contributed by atoms with van der Waals surface area (Å²) in [6.45, 7) is 2.39. The molecule has 182 valence electrons. The monoisotopic (exact) mass is 475 g/mol. The number of fused-ring (bicyclic) bond motifs is 1. The molecule has 2 aromatic carbocycles. The van der Waals surface area contributed by atoms with Crippen LogP contribution in [0.1, 0.15) is 40.4 Å². The van der Waals surface area contributed by atoms with E-state index in [1.54, 1.807) is 30.9 Å². The Morgan fingerprint density at radius 2 is 1.57 bits per heavy atom. The molecule has 0 saturated carbocycles. The number of carboxylic acids is 1. The number of rotatable bonds is 13. The fraction of sp³-hybridized carbons (Fsp3) is 0.280. The second-order valence-electron chi connectivity index (χ2n) is 8.18. The summed E-state index contributed by atoms with van der Waals surface area (Å²) in [4.78, 5) is 39.2. The fourth-order valence-electron chi connectivity index (χ4n) is 3.95. The molecule has 0 bridgehead atoms. The van der Waals surface area contributed by atoms with Gasteiger partial charge < -0.3 is 31.0 Å². The van der Waals surface area contributed by atoms with Crippen LogP contribution in [0.2, 0.25) is 0 Å². The molecule has 1 unspecified atom stereocenters. The van der Waals surface area contributed by atoms with Crippen LogP contribution in [0, 0.1) is 0 Å². The van der Waals surface area contributed by atoms with Gasteiger partial charge in [-0.1, -0.05) is 30.3 Å². The van der Waals surface area contributed by atoms with Gasteiger partial charge in [-0.05, 0) is 41.8 Å². The van der Waals surface area contributed by atoms with E-state index in [0.29, 0.717) is 44.6 Å². The van der Waals surface area contributed by atoms with Crippen molar-refractivity contribution in [3.63, 3.8) is 0 Å². The Morgan fingerprint density at radius 3 is 2.23 bits per heavy atom. The number of nitrogens with zero attached hydrogens (tertiary/aromatic N) is 2. The standard InChI is InChI=1S/C25H29N7O3/c33-24(32-21(25(34)35)6-3-9-26-15-22-28-10-11-29-22)20-8-7-17(18-4-1-2-5-19(18)20)14-27-16-23-30-12-13-31-23/h1-2,4-5,7-8,10-13,21,26-27H,3,6,9,14-16H2,(H,28,29)(H,30,31)(H,32,33)(H,34,35). The Morgan fingerprint density at radius 1 is 0.886 bits per heavy atom. The van der Waals surface area contributed by atoms with E-state index in [0.717, 1.165) is 28.0 Å². The molecule has 10 heteroatoms. The number of carboxylic acid groups (broad SMARTS) is 1. The maximum absolute atomic E-state index is 13.1. The van der Waals surface area contributed by atoms with Crippen LogP contribution in [0.4, 0.5) is 0 Å². The molecule has 4 rings (SSSR count). The lowest BCUT2D eigenvalue weighted by Crippen LogP contribution is -2.41. The van der Waals surface area contributed by atoms with E-state index < -0.39 is 17.9 Å². The van der Waals surface area contributed by atoms with Crippen LogP contribution in [-0.2, 0) is 24.4 Å². The van der Waals surface area contributed by atoms with Crippen molar-refractivity contribution in [1.29, 1.82) is 0 Å². The smallest absolute Gasteiger partial charge is 0.326 e. The Hall–Kier alpha value is -4.02. The van der Waals surface area contributed by atoms with Crippen LogP contribution in [0.25, 0.3) is 10.8 Å². The second kappa shape index (κ2) is 11.9. The first-order valence-electron chi connectivity index (χ1n) is 11.5.